The van der Waals surface area contributed by atoms with E-state index in [1.165, 1.54) is 15.9 Å². The highest BCUT2D eigenvalue weighted by atomic mass is 32.1. The van der Waals surface area contributed by atoms with Gasteiger partial charge in [-0.1, -0.05) is 0 Å². The Kier molecular flexibility index (Phi) is 3.38. The summed E-state index contributed by atoms with van der Waals surface area (Å²) in [6.07, 6.45) is 1.07. The number of nitrogens with zero attached hydrogens (tertiary/aromatic N) is 3. The van der Waals surface area contributed by atoms with Gasteiger partial charge in [-0.05, 0) is 25.1 Å². The number of rotatable bonds is 3. The number of carboxylic acid groups (broad SMARTS) is 1. The first kappa shape index (κ1) is 14.2. The van der Waals surface area contributed by atoms with Crippen LogP contribution in [0, 0.1) is 0 Å². The van der Waals surface area contributed by atoms with E-state index in [-0.39, 0.29) is 6.54 Å². The Morgan fingerprint density at radius 3 is 2.82 bits per heavy atom. The molecule has 0 saturated heterocycles. The summed E-state index contributed by atoms with van der Waals surface area (Å²) in [5.41, 5.74) is 1.17. The van der Waals surface area contributed by atoms with Crippen LogP contribution in [0.15, 0.2) is 39.5 Å². The van der Waals surface area contributed by atoms with Gasteiger partial charge in [0.15, 0.2) is 0 Å². The SMILES string of the molecule is CCn1c(=O)c(C(=O)O)cn(-c2ccc3ncsc3c2)c1=O. The van der Waals surface area contributed by atoms with Gasteiger partial charge in [0, 0.05) is 12.7 Å². The molecule has 8 heteroatoms. The van der Waals surface area contributed by atoms with Crippen LogP contribution in [0.5, 0.6) is 0 Å². The number of hydrogen-bond acceptors (Lipinski definition) is 5. The maximum absolute atomic E-state index is 12.4. The van der Waals surface area contributed by atoms with Crippen LogP contribution in [0.4, 0.5) is 0 Å². The molecule has 0 amide bonds. The minimum absolute atomic E-state index is 0.0988. The molecule has 1 N–H and O–H groups in total. The van der Waals surface area contributed by atoms with Crippen molar-refractivity contribution in [2.75, 3.05) is 0 Å². The van der Waals surface area contributed by atoms with Crippen LogP contribution in [0.1, 0.15) is 17.3 Å². The molecule has 7 nitrogen and oxygen atoms in total. The largest absolute Gasteiger partial charge is 0.477 e. The predicted octanol–water partition coefficient (Wildman–Crippen LogP) is 1.33. The fourth-order valence-electron chi connectivity index (χ4n) is 2.21. The average molecular weight is 317 g/mol. The van der Waals surface area contributed by atoms with E-state index in [1.54, 1.807) is 30.6 Å². The van der Waals surface area contributed by atoms with Gasteiger partial charge in [0.25, 0.3) is 5.56 Å². The Hall–Kier alpha value is -2.74. The van der Waals surface area contributed by atoms with Gasteiger partial charge in [0.2, 0.25) is 0 Å². The number of aromatic nitrogens is 3. The van der Waals surface area contributed by atoms with Gasteiger partial charge in [-0.25, -0.2) is 14.6 Å². The van der Waals surface area contributed by atoms with Gasteiger partial charge in [-0.15, -0.1) is 11.3 Å². The van der Waals surface area contributed by atoms with Crippen molar-refractivity contribution in [1.29, 1.82) is 0 Å². The smallest absolute Gasteiger partial charge is 0.342 e. The Balaban J connectivity index is 2.34. The van der Waals surface area contributed by atoms with Gasteiger partial charge >= 0.3 is 11.7 Å². The lowest BCUT2D eigenvalue weighted by Gasteiger charge is -2.10. The molecular formula is C14H11N3O4S. The fraction of sp³-hybridized carbons (Fsp3) is 0.143. The first-order chi connectivity index (χ1) is 10.5. The van der Waals surface area contributed by atoms with Gasteiger partial charge in [-0.3, -0.25) is 13.9 Å². The van der Waals surface area contributed by atoms with Crippen molar-refractivity contribution in [3.8, 4) is 5.69 Å². The molecule has 0 atom stereocenters. The van der Waals surface area contributed by atoms with Crippen LogP contribution in [0.2, 0.25) is 0 Å². The lowest BCUT2D eigenvalue weighted by Crippen LogP contribution is -2.41. The number of hydrogen-bond donors (Lipinski definition) is 1. The monoisotopic (exact) mass is 317 g/mol. The summed E-state index contributed by atoms with van der Waals surface area (Å²) >= 11 is 1.41. The Morgan fingerprint density at radius 1 is 1.36 bits per heavy atom. The maximum atomic E-state index is 12.4. The standard InChI is InChI=1S/C14H11N3O4S/c1-2-16-12(18)9(13(19)20)6-17(14(16)21)8-3-4-10-11(5-8)22-7-15-10/h3-7H,2H2,1H3,(H,19,20). The summed E-state index contributed by atoms with van der Waals surface area (Å²) in [5, 5.41) is 9.15. The Labute approximate surface area is 127 Å². The number of carboxylic acids is 1. The normalized spacial score (nSPS) is 11.0. The molecule has 0 aliphatic heterocycles. The van der Waals surface area contributed by atoms with E-state index in [9.17, 15) is 14.4 Å². The van der Waals surface area contributed by atoms with Crippen LogP contribution in [-0.4, -0.2) is 25.2 Å². The second-order valence-electron chi connectivity index (χ2n) is 4.55. The highest BCUT2D eigenvalue weighted by molar-refractivity contribution is 7.16. The van der Waals surface area contributed by atoms with Crippen LogP contribution < -0.4 is 11.2 Å². The molecule has 3 rings (SSSR count). The summed E-state index contributed by atoms with van der Waals surface area (Å²) in [6.45, 7) is 1.72. The summed E-state index contributed by atoms with van der Waals surface area (Å²) < 4.78 is 2.95. The second-order valence-corrected chi connectivity index (χ2v) is 5.44. The molecule has 0 aliphatic carbocycles. The Morgan fingerprint density at radius 2 is 2.14 bits per heavy atom. The topological polar surface area (TPSA) is 94.2 Å². The van der Waals surface area contributed by atoms with Crippen molar-refractivity contribution < 1.29 is 9.90 Å². The number of benzene rings is 1. The lowest BCUT2D eigenvalue weighted by molar-refractivity contribution is 0.0693. The third-order valence-electron chi connectivity index (χ3n) is 3.31. The lowest BCUT2D eigenvalue weighted by atomic mass is 10.2. The van der Waals surface area contributed by atoms with E-state index >= 15 is 0 Å². The van der Waals surface area contributed by atoms with Crippen LogP contribution in [-0.2, 0) is 6.54 Å². The molecule has 22 heavy (non-hydrogen) atoms. The van der Waals surface area contributed by atoms with Gasteiger partial charge < -0.3 is 5.11 Å². The number of carbonyl (C=O) groups is 1. The molecule has 0 bridgehead atoms. The van der Waals surface area contributed by atoms with Crippen molar-refractivity contribution in [3.63, 3.8) is 0 Å². The van der Waals surface area contributed by atoms with Crippen molar-refractivity contribution in [2.45, 2.75) is 13.5 Å². The van der Waals surface area contributed by atoms with E-state index in [1.807, 2.05) is 0 Å². The molecule has 0 radical (unpaired) electrons. The fourth-order valence-corrected chi connectivity index (χ4v) is 2.92. The molecular weight excluding hydrogens is 306 g/mol. The molecule has 0 aliphatic rings. The minimum atomic E-state index is -1.36. The molecule has 0 saturated carbocycles. The van der Waals surface area contributed by atoms with E-state index in [0.29, 0.717) is 5.69 Å². The summed E-state index contributed by atoms with van der Waals surface area (Å²) in [4.78, 5) is 39.7. The van der Waals surface area contributed by atoms with Crippen LogP contribution in [0.25, 0.3) is 15.9 Å². The van der Waals surface area contributed by atoms with Gasteiger partial charge in [-0.2, -0.15) is 0 Å². The zero-order chi connectivity index (χ0) is 15.9. The quantitative estimate of drug-likeness (QED) is 0.786. The third-order valence-corrected chi connectivity index (χ3v) is 4.10. The van der Waals surface area contributed by atoms with E-state index in [4.69, 9.17) is 5.11 Å². The number of fused-ring (bicyclic) bond motifs is 1. The van der Waals surface area contributed by atoms with E-state index in [0.717, 1.165) is 21.0 Å². The van der Waals surface area contributed by atoms with Crippen molar-refractivity contribution in [2.24, 2.45) is 0 Å². The number of aromatic carboxylic acids is 1. The Bertz CT molecular complexity index is 999. The van der Waals surface area contributed by atoms with Crippen molar-refractivity contribution >= 4 is 27.5 Å². The zero-order valence-corrected chi connectivity index (χ0v) is 12.3. The first-order valence-electron chi connectivity index (χ1n) is 6.46. The molecule has 0 spiro atoms. The highest BCUT2D eigenvalue weighted by Crippen LogP contribution is 2.20. The zero-order valence-electron chi connectivity index (χ0n) is 11.5. The van der Waals surface area contributed by atoms with Gasteiger partial charge in [0.1, 0.15) is 5.56 Å². The van der Waals surface area contributed by atoms with Crippen LogP contribution >= 0.6 is 11.3 Å². The van der Waals surface area contributed by atoms with Crippen LogP contribution in [0.3, 0.4) is 0 Å². The number of thiazole rings is 1. The molecule has 1 aromatic carbocycles. The molecule has 2 heterocycles. The average Bonchev–Trinajstić information content (AvgIpc) is 2.95. The summed E-state index contributed by atoms with van der Waals surface area (Å²) in [6, 6.07) is 5.15. The van der Waals surface area contributed by atoms with Gasteiger partial charge in [0.05, 0.1) is 21.4 Å². The molecule has 3 aromatic rings. The predicted molar refractivity (Wildman–Crippen MR) is 82.1 cm³/mol. The van der Waals surface area contributed by atoms with E-state index in [2.05, 4.69) is 4.98 Å². The molecule has 2 aromatic heterocycles. The molecule has 0 unspecified atom stereocenters. The summed E-state index contributed by atoms with van der Waals surface area (Å²) in [5.74, 6) is -1.36. The summed E-state index contributed by atoms with van der Waals surface area (Å²) in [7, 11) is 0. The first-order valence-corrected chi connectivity index (χ1v) is 7.34. The van der Waals surface area contributed by atoms with Crippen molar-refractivity contribution in [1.82, 2.24) is 14.1 Å². The molecule has 112 valence electrons. The third kappa shape index (κ3) is 2.13. The van der Waals surface area contributed by atoms with E-state index < -0.39 is 22.8 Å². The highest BCUT2D eigenvalue weighted by Gasteiger charge is 2.16. The maximum Gasteiger partial charge on any atom is 0.342 e. The second kappa shape index (κ2) is 5.23. The molecule has 0 fully saturated rings. The van der Waals surface area contributed by atoms with Crippen molar-refractivity contribution in [3.05, 3.63) is 56.3 Å². The minimum Gasteiger partial charge on any atom is -0.477 e.